The van der Waals surface area contributed by atoms with E-state index in [1.165, 1.54) is 5.56 Å². The Balaban J connectivity index is 1.60. The van der Waals surface area contributed by atoms with Crippen LogP contribution in [0.2, 0.25) is 0 Å². The molecule has 1 aliphatic heterocycles. The summed E-state index contributed by atoms with van der Waals surface area (Å²) in [5.74, 6) is 0.0767. The number of amides is 1. The van der Waals surface area contributed by atoms with Crippen molar-refractivity contribution in [3.8, 4) is 0 Å². The van der Waals surface area contributed by atoms with Gasteiger partial charge >= 0.3 is 0 Å². The molecular weight excluding hydrogens is 314 g/mol. The number of morpholine rings is 1. The van der Waals surface area contributed by atoms with Gasteiger partial charge in [-0.05, 0) is 31.7 Å². The SMILES string of the molecule is CCCn1ncc(C(=O)N2CCOC(CCc3ccccc3)C2)c1C. The maximum atomic E-state index is 12.9. The number of hydrogen-bond donors (Lipinski definition) is 0. The van der Waals surface area contributed by atoms with Gasteiger partial charge in [-0.2, -0.15) is 5.10 Å². The smallest absolute Gasteiger partial charge is 0.257 e. The highest BCUT2D eigenvalue weighted by Gasteiger charge is 2.27. The third kappa shape index (κ3) is 4.28. The number of benzene rings is 1. The molecule has 1 saturated heterocycles. The quantitative estimate of drug-likeness (QED) is 0.811. The number of carbonyl (C=O) groups is 1. The zero-order valence-electron chi connectivity index (χ0n) is 15.1. The number of aromatic nitrogens is 2. The molecule has 1 aromatic heterocycles. The van der Waals surface area contributed by atoms with Gasteiger partial charge in [0.15, 0.2) is 0 Å². The highest BCUT2D eigenvalue weighted by Crippen LogP contribution is 2.17. The average Bonchev–Trinajstić information content (AvgIpc) is 3.01. The molecule has 0 radical (unpaired) electrons. The van der Waals surface area contributed by atoms with Gasteiger partial charge in [-0.15, -0.1) is 0 Å². The highest BCUT2D eigenvalue weighted by atomic mass is 16.5. The molecule has 25 heavy (non-hydrogen) atoms. The van der Waals surface area contributed by atoms with Crippen LogP contribution in [-0.2, 0) is 17.7 Å². The molecule has 134 valence electrons. The molecule has 3 rings (SSSR count). The maximum absolute atomic E-state index is 12.9. The van der Waals surface area contributed by atoms with E-state index in [2.05, 4.69) is 36.3 Å². The molecule has 1 amide bonds. The van der Waals surface area contributed by atoms with Crippen LogP contribution in [0.1, 0.15) is 41.4 Å². The van der Waals surface area contributed by atoms with E-state index in [4.69, 9.17) is 4.74 Å². The van der Waals surface area contributed by atoms with Crippen LogP contribution in [0, 0.1) is 6.92 Å². The lowest BCUT2D eigenvalue weighted by Gasteiger charge is -2.33. The molecule has 0 aliphatic carbocycles. The lowest BCUT2D eigenvalue weighted by atomic mass is 10.1. The van der Waals surface area contributed by atoms with E-state index in [-0.39, 0.29) is 12.0 Å². The lowest BCUT2D eigenvalue weighted by molar-refractivity contribution is -0.0246. The van der Waals surface area contributed by atoms with Crippen molar-refractivity contribution >= 4 is 5.91 Å². The van der Waals surface area contributed by atoms with Crippen LogP contribution in [0.3, 0.4) is 0 Å². The lowest BCUT2D eigenvalue weighted by Crippen LogP contribution is -2.45. The van der Waals surface area contributed by atoms with E-state index in [0.717, 1.165) is 37.1 Å². The van der Waals surface area contributed by atoms with Gasteiger partial charge in [0, 0.05) is 25.3 Å². The first-order valence-electron chi connectivity index (χ1n) is 9.16. The van der Waals surface area contributed by atoms with Crippen molar-refractivity contribution in [3.05, 3.63) is 53.3 Å². The number of hydrogen-bond acceptors (Lipinski definition) is 3. The second-order valence-corrected chi connectivity index (χ2v) is 6.64. The number of nitrogens with zero attached hydrogens (tertiary/aromatic N) is 3. The van der Waals surface area contributed by atoms with Gasteiger partial charge < -0.3 is 9.64 Å². The Labute approximate surface area is 149 Å². The van der Waals surface area contributed by atoms with Gasteiger partial charge in [0.1, 0.15) is 0 Å². The predicted octanol–water partition coefficient (Wildman–Crippen LogP) is 3.08. The standard InChI is InChI=1S/C20H27N3O2/c1-3-11-23-16(2)19(14-21-23)20(24)22-12-13-25-18(15-22)10-9-17-7-5-4-6-8-17/h4-8,14,18H,3,9-13,15H2,1-2H3. The first-order valence-corrected chi connectivity index (χ1v) is 9.16. The van der Waals surface area contributed by atoms with Crippen molar-refractivity contribution in [2.45, 2.75) is 45.8 Å². The first-order chi connectivity index (χ1) is 12.2. The zero-order valence-corrected chi connectivity index (χ0v) is 15.1. The Hall–Kier alpha value is -2.14. The van der Waals surface area contributed by atoms with E-state index in [9.17, 15) is 4.79 Å². The molecule has 1 atom stereocenters. The molecule has 0 saturated carbocycles. The Morgan fingerprint density at radius 1 is 1.32 bits per heavy atom. The third-order valence-electron chi connectivity index (χ3n) is 4.79. The summed E-state index contributed by atoms with van der Waals surface area (Å²) in [5.41, 5.74) is 2.99. The molecule has 2 heterocycles. The average molecular weight is 341 g/mol. The van der Waals surface area contributed by atoms with Crippen LogP contribution in [0.5, 0.6) is 0 Å². The fourth-order valence-electron chi connectivity index (χ4n) is 3.31. The second-order valence-electron chi connectivity index (χ2n) is 6.64. The molecule has 5 heteroatoms. The maximum Gasteiger partial charge on any atom is 0.257 e. The van der Waals surface area contributed by atoms with E-state index in [1.807, 2.05) is 22.6 Å². The molecule has 1 unspecified atom stereocenters. The molecule has 2 aromatic rings. The van der Waals surface area contributed by atoms with Crippen molar-refractivity contribution in [1.29, 1.82) is 0 Å². The molecular formula is C20H27N3O2. The molecule has 0 N–H and O–H groups in total. The summed E-state index contributed by atoms with van der Waals surface area (Å²) >= 11 is 0. The van der Waals surface area contributed by atoms with Crippen LogP contribution in [0.15, 0.2) is 36.5 Å². The van der Waals surface area contributed by atoms with Gasteiger partial charge in [0.2, 0.25) is 0 Å². The number of rotatable bonds is 6. The van der Waals surface area contributed by atoms with Gasteiger partial charge in [-0.25, -0.2) is 0 Å². The molecule has 1 aliphatic rings. The minimum absolute atomic E-state index is 0.0767. The Morgan fingerprint density at radius 3 is 2.88 bits per heavy atom. The first kappa shape index (κ1) is 17.7. The summed E-state index contributed by atoms with van der Waals surface area (Å²) in [5, 5.41) is 4.35. The van der Waals surface area contributed by atoms with Crippen molar-refractivity contribution in [3.63, 3.8) is 0 Å². The van der Waals surface area contributed by atoms with E-state index >= 15 is 0 Å². The van der Waals surface area contributed by atoms with Gasteiger partial charge in [0.05, 0.1) is 24.5 Å². The van der Waals surface area contributed by atoms with Crippen molar-refractivity contribution < 1.29 is 9.53 Å². The fourth-order valence-corrected chi connectivity index (χ4v) is 3.31. The van der Waals surface area contributed by atoms with Gasteiger partial charge in [-0.3, -0.25) is 9.48 Å². The minimum atomic E-state index is 0.0767. The van der Waals surface area contributed by atoms with Gasteiger partial charge in [0.25, 0.3) is 5.91 Å². The molecule has 1 aromatic carbocycles. The molecule has 0 spiro atoms. The van der Waals surface area contributed by atoms with Crippen molar-refractivity contribution in [1.82, 2.24) is 14.7 Å². The zero-order chi connectivity index (χ0) is 17.6. The van der Waals surface area contributed by atoms with E-state index in [0.29, 0.717) is 19.7 Å². The third-order valence-corrected chi connectivity index (χ3v) is 4.79. The van der Waals surface area contributed by atoms with E-state index < -0.39 is 0 Å². The topological polar surface area (TPSA) is 47.4 Å². The van der Waals surface area contributed by atoms with Crippen LogP contribution in [-0.4, -0.2) is 46.4 Å². The van der Waals surface area contributed by atoms with Gasteiger partial charge in [-0.1, -0.05) is 37.3 Å². The number of ether oxygens (including phenoxy) is 1. The second kappa shape index (κ2) is 8.30. The molecule has 0 bridgehead atoms. The number of aryl methyl sites for hydroxylation is 2. The summed E-state index contributed by atoms with van der Waals surface area (Å²) in [6.45, 7) is 6.85. The van der Waals surface area contributed by atoms with Crippen molar-refractivity contribution in [2.24, 2.45) is 0 Å². The number of carbonyl (C=O) groups excluding carboxylic acids is 1. The Morgan fingerprint density at radius 2 is 2.12 bits per heavy atom. The normalized spacial score (nSPS) is 17.7. The molecule has 5 nitrogen and oxygen atoms in total. The highest BCUT2D eigenvalue weighted by molar-refractivity contribution is 5.95. The van der Waals surface area contributed by atoms with Crippen molar-refractivity contribution in [2.75, 3.05) is 19.7 Å². The van der Waals surface area contributed by atoms with Crippen LogP contribution >= 0.6 is 0 Å². The summed E-state index contributed by atoms with van der Waals surface area (Å²) in [7, 11) is 0. The van der Waals surface area contributed by atoms with Crippen LogP contribution in [0.4, 0.5) is 0 Å². The summed E-state index contributed by atoms with van der Waals surface area (Å²) in [6, 6.07) is 10.4. The Bertz CT molecular complexity index is 696. The largest absolute Gasteiger partial charge is 0.375 e. The van der Waals surface area contributed by atoms with E-state index in [1.54, 1.807) is 6.20 Å². The Kier molecular flexibility index (Phi) is 5.87. The monoisotopic (exact) mass is 341 g/mol. The summed E-state index contributed by atoms with van der Waals surface area (Å²) in [6.07, 6.45) is 4.73. The predicted molar refractivity (Wildman–Crippen MR) is 97.7 cm³/mol. The fraction of sp³-hybridized carbons (Fsp3) is 0.500. The summed E-state index contributed by atoms with van der Waals surface area (Å²) < 4.78 is 7.79. The summed E-state index contributed by atoms with van der Waals surface area (Å²) in [4.78, 5) is 14.8. The minimum Gasteiger partial charge on any atom is -0.375 e. The molecule has 1 fully saturated rings. The van der Waals surface area contributed by atoms with Crippen LogP contribution in [0.25, 0.3) is 0 Å². The van der Waals surface area contributed by atoms with Crippen LogP contribution < -0.4 is 0 Å².